The van der Waals surface area contributed by atoms with E-state index < -0.39 is 0 Å². The summed E-state index contributed by atoms with van der Waals surface area (Å²) in [5, 5.41) is 3.83. The largest absolute Gasteiger partial charge is 0.308 e. The van der Waals surface area contributed by atoms with Gasteiger partial charge in [-0.1, -0.05) is 6.07 Å². The van der Waals surface area contributed by atoms with Crippen LogP contribution in [-0.2, 0) is 0 Å². The molecule has 18 heavy (non-hydrogen) atoms. The Kier molecular flexibility index (Phi) is 2.45. The average Bonchev–Trinajstić information content (AvgIpc) is 2.96. The van der Waals surface area contributed by atoms with E-state index >= 15 is 0 Å². The van der Waals surface area contributed by atoms with Gasteiger partial charge in [-0.15, -0.1) is 0 Å². The molecule has 0 aliphatic carbocycles. The van der Waals surface area contributed by atoms with Crippen molar-refractivity contribution in [3.63, 3.8) is 0 Å². The van der Waals surface area contributed by atoms with E-state index in [4.69, 9.17) is 0 Å². The van der Waals surface area contributed by atoms with Crippen LogP contribution in [0.15, 0.2) is 24.4 Å². The van der Waals surface area contributed by atoms with Gasteiger partial charge in [0.15, 0.2) is 0 Å². The molecule has 0 spiro atoms. The van der Waals surface area contributed by atoms with Crippen molar-refractivity contribution < 1.29 is 0 Å². The van der Waals surface area contributed by atoms with Gasteiger partial charge in [0.25, 0.3) is 0 Å². The van der Waals surface area contributed by atoms with E-state index in [1.54, 1.807) is 0 Å². The zero-order valence-electron chi connectivity index (χ0n) is 10.9. The zero-order chi connectivity index (χ0) is 12.1. The van der Waals surface area contributed by atoms with Crippen LogP contribution in [-0.4, -0.2) is 34.1 Å². The maximum atomic E-state index is 4.56. The minimum absolute atomic E-state index is 0.467. The minimum Gasteiger partial charge on any atom is -0.308 e. The number of fused-ring (bicyclic) bond motifs is 6. The molecular formula is C15H21N3. The molecule has 0 radical (unpaired) electrons. The molecule has 3 aliphatic heterocycles. The van der Waals surface area contributed by atoms with E-state index in [1.807, 2.05) is 12.3 Å². The Morgan fingerprint density at radius 3 is 2.50 bits per heavy atom. The van der Waals surface area contributed by atoms with E-state index in [0.29, 0.717) is 6.04 Å². The van der Waals surface area contributed by atoms with Gasteiger partial charge < -0.3 is 5.32 Å². The Hall–Kier alpha value is -0.930. The first-order valence-electron chi connectivity index (χ1n) is 7.29. The molecule has 3 heteroatoms. The fourth-order valence-corrected chi connectivity index (χ4v) is 4.46. The van der Waals surface area contributed by atoms with Gasteiger partial charge in [0.2, 0.25) is 0 Å². The quantitative estimate of drug-likeness (QED) is 0.862. The molecule has 4 heterocycles. The molecule has 1 aromatic rings. The Bertz CT molecular complexity index is 415. The lowest BCUT2D eigenvalue weighted by Gasteiger charge is -2.43. The Morgan fingerprint density at radius 1 is 1.17 bits per heavy atom. The van der Waals surface area contributed by atoms with Gasteiger partial charge in [-0.05, 0) is 44.7 Å². The smallest absolute Gasteiger partial charge is 0.0572 e. The highest BCUT2D eigenvalue weighted by molar-refractivity contribution is 5.15. The average molecular weight is 243 g/mol. The summed E-state index contributed by atoms with van der Waals surface area (Å²) in [7, 11) is 0. The normalized spacial score (nSPS) is 40.1. The molecule has 1 N–H and O–H groups in total. The standard InChI is InChI=1S/C15H21N3/c1-10(11-4-2-3-9-16-11)18-14-7-8-15(18)13-6-5-12(14)17-13/h2-4,9-10,12-15,17H,5-8H2,1H3/t10-,12+,13?,14+,15-/m1/s1. The summed E-state index contributed by atoms with van der Waals surface area (Å²) in [5.74, 6) is 0. The van der Waals surface area contributed by atoms with Crippen molar-refractivity contribution in [1.82, 2.24) is 15.2 Å². The van der Waals surface area contributed by atoms with E-state index in [2.05, 4.69) is 34.3 Å². The monoisotopic (exact) mass is 243 g/mol. The van der Waals surface area contributed by atoms with E-state index in [1.165, 1.54) is 31.4 Å². The molecule has 0 amide bonds. The van der Waals surface area contributed by atoms with Crippen molar-refractivity contribution in [3.8, 4) is 0 Å². The summed E-state index contributed by atoms with van der Waals surface area (Å²) in [6.45, 7) is 2.33. The van der Waals surface area contributed by atoms with Crippen molar-refractivity contribution >= 4 is 0 Å². The van der Waals surface area contributed by atoms with E-state index in [0.717, 1.165) is 24.2 Å². The molecule has 3 aliphatic rings. The van der Waals surface area contributed by atoms with E-state index in [-0.39, 0.29) is 0 Å². The van der Waals surface area contributed by atoms with Gasteiger partial charge >= 0.3 is 0 Å². The zero-order valence-corrected chi connectivity index (χ0v) is 10.9. The summed E-state index contributed by atoms with van der Waals surface area (Å²) in [5.41, 5.74) is 1.23. The van der Waals surface area contributed by atoms with Crippen LogP contribution in [0, 0.1) is 0 Å². The summed E-state index contributed by atoms with van der Waals surface area (Å²) >= 11 is 0. The summed E-state index contributed by atoms with van der Waals surface area (Å²) in [4.78, 5) is 7.32. The predicted octanol–water partition coefficient (Wildman–Crippen LogP) is 2.11. The van der Waals surface area contributed by atoms with Crippen LogP contribution in [0.5, 0.6) is 0 Å². The lowest BCUT2D eigenvalue weighted by atomic mass is 10.0. The molecule has 1 unspecified atom stereocenters. The Morgan fingerprint density at radius 2 is 1.89 bits per heavy atom. The highest BCUT2D eigenvalue weighted by Crippen LogP contribution is 2.44. The van der Waals surface area contributed by atoms with Gasteiger partial charge in [0.1, 0.15) is 0 Å². The van der Waals surface area contributed by atoms with Crippen LogP contribution in [0.3, 0.4) is 0 Å². The number of pyridine rings is 1. The van der Waals surface area contributed by atoms with Crippen LogP contribution in [0.25, 0.3) is 0 Å². The molecule has 3 saturated heterocycles. The Balaban J connectivity index is 1.65. The van der Waals surface area contributed by atoms with Gasteiger partial charge in [0.05, 0.1) is 5.69 Å². The number of rotatable bonds is 2. The maximum Gasteiger partial charge on any atom is 0.0572 e. The fraction of sp³-hybridized carbons (Fsp3) is 0.667. The van der Waals surface area contributed by atoms with Crippen molar-refractivity contribution in [2.24, 2.45) is 0 Å². The third kappa shape index (κ3) is 1.47. The van der Waals surface area contributed by atoms with Gasteiger partial charge in [-0.3, -0.25) is 9.88 Å². The molecule has 4 rings (SSSR count). The number of hydrogen-bond donors (Lipinski definition) is 1. The molecule has 4 bridgehead atoms. The van der Waals surface area contributed by atoms with E-state index in [9.17, 15) is 0 Å². The summed E-state index contributed by atoms with van der Waals surface area (Å²) in [6.07, 6.45) is 7.41. The number of nitrogens with zero attached hydrogens (tertiary/aromatic N) is 2. The number of nitrogens with one attached hydrogen (secondary N) is 1. The van der Waals surface area contributed by atoms with Crippen molar-refractivity contribution in [2.45, 2.75) is 62.8 Å². The van der Waals surface area contributed by atoms with Crippen LogP contribution >= 0.6 is 0 Å². The molecular weight excluding hydrogens is 222 g/mol. The number of aromatic nitrogens is 1. The second-order valence-corrected chi connectivity index (χ2v) is 6.05. The molecule has 0 saturated carbocycles. The molecule has 5 atom stereocenters. The van der Waals surface area contributed by atoms with Crippen LogP contribution in [0.4, 0.5) is 0 Å². The SMILES string of the molecule is C[C@H](c1ccccn1)N1[C@@H]2CC[C@H]1[C@@H]1CCC2N1. The second kappa shape index (κ2) is 4.04. The van der Waals surface area contributed by atoms with Crippen LogP contribution in [0.2, 0.25) is 0 Å². The molecule has 3 nitrogen and oxygen atoms in total. The fourth-order valence-electron chi connectivity index (χ4n) is 4.46. The lowest BCUT2D eigenvalue weighted by Crippen LogP contribution is -2.58. The highest BCUT2D eigenvalue weighted by atomic mass is 15.3. The molecule has 1 aromatic heterocycles. The first-order chi connectivity index (χ1) is 8.84. The highest BCUT2D eigenvalue weighted by Gasteiger charge is 2.51. The van der Waals surface area contributed by atoms with Crippen molar-refractivity contribution in [3.05, 3.63) is 30.1 Å². The summed E-state index contributed by atoms with van der Waals surface area (Å²) < 4.78 is 0. The topological polar surface area (TPSA) is 28.2 Å². The summed E-state index contributed by atoms with van der Waals surface area (Å²) in [6, 6.07) is 9.71. The van der Waals surface area contributed by atoms with Crippen LogP contribution in [0.1, 0.15) is 44.3 Å². The molecule has 0 aromatic carbocycles. The second-order valence-electron chi connectivity index (χ2n) is 6.05. The minimum atomic E-state index is 0.467. The molecule has 96 valence electrons. The number of piperazine rings is 1. The number of hydrogen-bond acceptors (Lipinski definition) is 3. The van der Waals surface area contributed by atoms with Gasteiger partial charge in [0, 0.05) is 36.4 Å². The Labute approximate surface area is 109 Å². The third-order valence-electron chi connectivity index (χ3n) is 5.23. The van der Waals surface area contributed by atoms with Crippen molar-refractivity contribution in [1.29, 1.82) is 0 Å². The van der Waals surface area contributed by atoms with Gasteiger partial charge in [-0.25, -0.2) is 0 Å². The lowest BCUT2D eigenvalue weighted by molar-refractivity contribution is 0.0702. The predicted molar refractivity (Wildman–Crippen MR) is 71.2 cm³/mol. The third-order valence-corrected chi connectivity index (χ3v) is 5.23. The van der Waals surface area contributed by atoms with Crippen molar-refractivity contribution in [2.75, 3.05) is 0 Å². The maximum absolute atomic E-state index is 4.56. The first kappa shape index (κ1) is 10.9. The molecule has 3 fully saturated rings. The van der Waals surface area contributed by atoms with Gasteiger partial charge in [-0.2, -0.15) is 0 Å². The van der Waals surface area contributed by atoms with Crippen LogP contribution < -0.4 is 5.32 Å². The first-order valence-corrected chi connectivity index (χ1v) is 7.29.